The summed E-state index contributed by atoms with van der Waals surface area (Å²) < 4.78 is 2.06. The number of imidazole rings is 1. The number of nitrogens with one attached hydrogen (secondary N) is 2. The van der Waals surface area contributed by atoms with Gasteiger partial charge >= 0.3 is 0 Å². The van der Waals surface area contributed by atoms with Gasteiger partial charge in [-0.2, -0.15) is 0 Å². The van der Waals surface area contributed by atoms with Crippen LogP contribution in [0.2, 0.25) is 0 Å². The normalized spacial score (nSPS) is 22.2. The first kappa shape index (κ1) is 19.1. The van der Waals surface area contributed by atoms with Crippen LogP contribution in [0.15, 0.2) is 49.4 Å². The molecule has 3 aliphatic rings. The molecule has 0 aliphatic carbocycles. The monoisotopic (exact) mass is 427 g/mol. The quantitative estimate of drug-likeness (QED) is 0.502. The fraction of sp³-hybridized carbons (Fsp3) is 0.348. The molecule has 2 bridgehead atoms. The summed E-state index contributed by atoms with van der Waals surface area (Å²) in [7, 11) is 0. The number of hydrogen-bond acceptors (Lipinski definition) is 8. The van der Waals surface area contributed by atoms with Crippen LogP contribution >= 0.6 is 0 Å². The largest absolute Gasteiger partial charge is 0.352 e. The summed E-state index contributed by atoms with van der Waals surface area (Å²) in [5.41, 5.74) is 5.45. The Morgan fingerprint density at radius 2 is 1.81 bits per heavy atom. The average Bonchev–Trinajstić information content (AvgIpc) is 3.25. The molecule has 3 fully saturated rings. The van der Waals surface area contributed by atoms with Crippen LogP contribution in [0.4, 0.5) is 17.3 Å². The molecule has 1 atom stereocenters. The molecule has 2 N–H and O–H groups in total. The van der Waals surface area contributed by atoms with Crippen molar-refractivity contribution < 1.29 is 0 Å². The number of fused-ring (bicyclic) bond motifs is 4. The van der Waals surface area contributed by atoms with Gasteiger partial charge in [-0.1, -0.05) is 0 Å². The van der Waals surface area contributed by atoms with Gasteiger partial charge in [0.2, 0.25) is 5.95 Å². The van der Waals surface area contributed by atoms with Crippen molar-refractivity contribution >= 4 is 23.0 Å². The summed E-state index contributed by atoms with van der Waals surface area (Å²) in [6.07, 6.45) is 13.3. The van der Waals surface area contributed by atoms with Crippen molar-refractivity contribution in [3.8, 4) is 11.4 Å². The number of hydrogen-bond donors (Lipinski definition) is 2. The molecule has 0 saturated carbocycles. The van der Waals surface area contributed by atoms with E-state index in [0.717, 1.165) is 40.5 Å². The predicted molar refractivity (Wildman–Crippen MR) is 123 cm³/mol. The van der Waals surface area contributed by atoms with Gasteiger partial charge in [-0.05, 0) is 56.5 Å². The number of rotatable bonds is 5. The van der Waals surface area contributed by atoms with E-state index in [-0.39, 0.29) is 0 Å². The van der Waals surface area contributed by atoms with Crippen molar-refractivity contribution in [1.29, 1.82) is 0 Å². The van der Waals surface area contributed by atoms with Gasteiger partial charge in [0.25, 0.3) is 0 Å². The molecule has 4 aromatic rings. The van der Waals surface area contributed by atoms with Crippen molar-refractivity contribution in [2.24, 2.45) is 5.92 Å². The van der Waals surface area contributed by atoms with Gasteiger partial charge < -0.3 is 15.5 Å². The van der Waals surface area contributed by atoms with Gasteiger partial charge in [0.1, 0.15) is 12.0 Å². The minimum atomic E-state index is 0.416. The maximum Gasteiger partial charge on any atom is 0.223 e. The lowest BCUT2D eigenvalue weighted by Gasteiger charge is -2.44. The standard InChI is InChI=1S/C23H25N9/c1-15-8-27-23(29-19-13-31-6-4-16(19)5-7-31)30-22(15)20-11-26-21-3-2-17(12-32(20)21)28-18-9-24-14-25-10-18/h2-3,8-12,14,16,19,28H,4-7,13H2,1H3,(H,27,29,30)/t19-/m0/s1. The van der Waals surface area contributed by atoms with Crippen LogP contribution in [0, 0.1) is 12.8 Å². The molecule has 0 amide bonds. The van der Waals surface area contributed by atoms with Gasteiger partial charge in [0, 0.05) is 25.0 Å². The molecule has 0 radical (unpaired) electrons. The van der Waals surface area contributed by atoms with Crippen LogP contribution in [-0.2, 0) is 0 Å². The second-order valence-corrected chi connectivity index (χ2v) is 8.66. The first-order chi connectivity index (χ1) is 15.7. The highest BCUT2D eigenvalue weighted by Gasteiger charge is 2.34. The summed E-state index contributed by atoms with van der Waals surface area (Å²) in [5, 5.41) is 6.95. The van der Waals surface area contributed by atoms with E-state index < -0.39 is 0 Å². The smallest absolute Gasteiger partial charge is 0.223 e. The molecule has 162 valence electrons. The van der Waals surface area contributed by atoms with Gasteiger partial charge in [-0.25, -0.2) is 24.9 Å². The Morgan fingerprint density at radius 3 is 2.59 bits per heavy atom. The van der Waals surface area contributed by atoms with Crippen LogP contribution in [0.5, 0.6) is 0 Å². The summed E-state index contributed by atoms with van der Waals surface area (Å²) >= 11 is 0. The molecule has 9 heteroatoms. The third-order valence-corrected chi connectivity index (χ3v) is 6.54. The zero-order valence-corrected chi connectivity index (χ0v) is 17.9. The molecular formula is C23H25N9. The third kappa shape index (κ3) is 3.54. The van der Waals surface area contributed by atoms with Crippen molar-refractivity contribution in [2.45, 2.75) is 25.8 Å². The lowest BCUT2D eigenvalue weighted by Crippen LogP contribution is -2.53. The molecule has 3 aliphatic heterocycles. The van der Waals surface area contributed by atoms with Crippen molar-refractivity contribution in [3.05, 3.63) is 55.0 Å². The molecule has 0 aromatic carbocycles. The van der Waals surface area contributed by atoms with Crippen molar-refractivity contribution in [3.63, 3.8) is 0 Å². The van der Waals surface area contributed by atoms with Crippen LogP contribution in [0.3, 0.4) is 0 Å². The maximum absolute atomic E-state index is 4.91. The molecular weight excluding hydrogens is 402 g/mol. The maximum atomic E-state index is 4.91. The first-order valence-electron chi connectivity index (χ1n) is 11.0. The third-order valence-electron chi connectivity index (χ3n) is 6.54. The van der Waals surface area contributed by atoms with Crippen LogP contribution in [0.1, 0.15) is 18.4 Å². The number of anilines is 3. The Balaban J connectivity index is 1.32. The second kappa shape index (κ2) is 7.83. The van der Waals surface area contributed by atoms with E-state index in [1.54, 1.807) is 12.4 Å². The summed E-state index contributed by atoms with van der Waals surface area (Å²) in [5.74, 6) is 1.40. The fourth-order valence-corrected chi connectivity index (χ4v) is 4.83. The number of piperidine rings is 3. The van der Waals surface area contributed by atoms with Crippen molar-refractivity contribution in [2.75, 3.05) is 30.3 Å². The van der Waals surface area contributed by atoms with Crippen molar-refractivity contribution in [1.82, 2.24) is 34.2 Å². The highest BCUT2D eigenvalue weighted by Crippen LogP contribution is 2.30. The second-order valence-electron chi connectivity index (χ2n) is 8.66. The zero-order chi connectivity index (χ0) is 21.5. The Bertz CT molecular complexity index is 1250. The Kier molecular flexibility index (Phi) is 4.68. The van der Waals surface area contributed by atoms with Gasteiger partial charge in [-0.15, -0.1) is 0 Å². The topological polar surface area (TPSA) is 96.2 Å². The van der Waals surface area contributed by atoms with Gasteiger partial charge in [-0.3, -0.25) is 4.40 Å². The van der Waals surface area contributed by atoms with E-state index in [1.807, 2.05) is 37.6 Å². The fourth-order valence-electron chi connectivity index (χ4n) is 4.83. The Morgan fingerprint density at radius 1 is 0.969 bits per heavy atom. The molecule has 7 heterocycles. The highest BCUT2D eigenvalue weighted by molar-refractivity contribution is 5.67. The van der Waals surface area contributed by atoms with E-state index in [9.17, 15) is 0 Å². The molecule has 4 aromatic heterocycles. The highest BCUT2D eigenvalue weighted by atomic mass is 15.2. The van der Waals surface area contributed by atoms with E-state index in [0.29, 0.717) is 17.9 Å². The molecule has 0 spiro atoms. The lowest BCUT2D eigenvalue weighted by atomic mass is 9.84. The SMILES string of the molecule is Cc1cnc(N[C@H]2CN3CCC2CC3)nc1-c1cnc2ccc(Nc3cncnc3)cn12. The Hall–Kier alpha value is -3.59. The summed E-state index contributed by atoms with van der Waals surface area (Å²) in [6, 6.07) is 4.39. The first-order valence-corrected chi connectivity index (χ1v) is 11.0. The number of aryl methyl sites for hydroxylation is 1. The minimum absolute atomic E-state index is 0.416. The van der Waals surface area contributed by atoms with Crippen LogP contribution in [0.25, 0.3) is 17.0 Å². The summed E-state index contributed by atoms with van der Waals surface area (Å²) in [4.78, 5) is 24.7. The molecule has 0 unspecified atom stereocenters. The van der Waals surface area contributed by atoms with Gasteiger partial charge in [0.15, 0.2) is 0 Å². The van der Waals surface area contributed by atoms with Gasteiger partial charge in [0.05, 0.1) is 41.4 Å². The van der Waals surface area contributed by atoms with Crippen LogP contribution < -0.4 is 10.6 Å². The molecule has 9 nitrogen and oxygen atoms in total. The van der Waals surface area contributed by atoms with E-state index in [4.69, 9.17) is 4.98 Å². The number of nitrogens with zero attached hydrogens (tertiary/aromatic N) is 7. The van der Waals surface area contributed by atoms with E-state index in [2.05, 4.69) is 39.9 Å². The average molecular weight is 428 g/mol. The predicted octanol–water partition coefficient (Wildman–Crippen LogP) is 3.14. The molecule has 3 saturated heterocycles. The number of pyridine rings is 1. The molecule has 7 rings (SSSR count). The molecule has 32 heavy (non-hydrogen) atoms. The van der Waals surface area contributed by atoms with E-state index >= 15 is 0 Å². The summed E-state index contributed by atoms with van der Waals surface area (Å²) in [6.45, 7) is 5.55. The van der Waals surface area contributed by atoms with E-state index in [1.165, 1.54) is 32.3 Å². The lowest BCUT2D eigenvalue weighted by molar-refractivity contribution is 0.0972. The Labute approximate surface area is 186 Å². The van der Waals surface area contributed by atoms with Crippen LogP contribution in [-0.4, -0.2) is 59.9 Å². The minimum Gasteiger partial charge on any atom is -0.352 e. The number of aromatic nitrogens is 6. The zero-order valence-electron chi connectivity index (χ0n) is 17.9.